The van der Waals surface area contributed by atoms with Crippen molar-refractivity contribution in [2.45, 2.75) is 31.9 Å². The summed E-state index contributed by atoms with van der Waals surface area (Å²) < 4.78 is 19.8. The normalized spacial score (nSPS) is 15.2. The highest BCUT2D eigenvalue weighted by Gasteiger charge is 2.26. The summed E-state index contributed by atoms with van der Waals surface area (Å²) in [6.07, 6.45) is 2.21. The highest BCUT2D eigenvalue weighted by Crippen LogP contribution is 2.36. The topological polar surface area (TPSA) is 130 Å². The summed E-state index contributed by atoms with van der Waals surface area (Å²) in [5.41, 5.74) is 5.67. The van der Waals surface area contributed by atoms with E-state index in [1.807, 2.05) is 23.2 Å². The number of aromatic nitrogens is 2. The lowest BCUT2D eigenvalue weighted by Crippen LogP contribution is -2.36. The number of carbonyl (C=O) groups excluding carboxylic acids is 1. The fraction of sp³-hybridized carbons (Fsp3) is 0.227. The van der Waals surface area contributed by atoms with E-state index in [1.54, 1.807) is 18.2 Å². The number of amides is 1. The van der Waals surface area contributed by atoms with Crippen molar-refractivity contribution in [3.63, 3.8) is 0 Å². The van der Waals surface area contributed by atoms with Crippen molar-refractivity contribution in [2.24, 2.45) is 0 Å². The van der Waals surface area contributed by atoms with Crippen molar-refractivity contribution in [3.05, 3.63) is 91.5 Å². The van der Waals surface area contributed by atoms with E-state index in [0.29, 0.717) is 17.7 Å². The number of nitrogens with two attached hydrogens (primary N) is 1. The lowest BCUT2D eigenvalue weighted by atomic mass is 9.87. The number of hydrogen-bond acceptors (Lipinski definition) is 5. The van der Waals surface area contributed by atoms with Gasteiger partial charge < -0.3 is 20.8 Å². The average molecular weight is 424 g/mol. The van der Waals surface area contributed by atoms with Crippen LogP contribution in [0.4, 0.5) is 10.1 Å². The number of rotatable bonds is 5. The predicted molar refractivity (Wildman–Crippen MR) is 112 cm³/mol. The highest BCUT2D eigenvalue weighted by molar-refractivity contribution is 5.97. The summed E-state index contributed by atoms with van der Waals surface area (Å²) in [5.74, 6) is -0.345. The number of nitrogen functional groups attached to an aromatic ring is 1. The van der Waals surface area contributed by atoms with Gasteiger partial charge in [0.15, 0.2) is 0 Å². The molecule has 0 bridgehead atoms. The SMILES string of the molecule is Nc1c(C(=O)NC2CCCc3c(OCc4ccccc4F)cccc32)[nH]c(=O)[nH]c1=O. The van der Waals surface area contributed by atoms with E-state index in [-0.39, 0.29) is 29.8 Å². The molecule has 1 atom stereocenters. The molecule has 1 heterocycles. The molecule has 0 fully saturated rings. The third kappa shape index (κ3) is 4.20. The molecule has 31 heavy (non-hydrogen) atoms. The van der Waals surface area contributed by atoms with Gasteiger partial charge in [-0.2, -0.15) is 0 Å². The molecule has 1 amide bonds. The third-order valence-corrected chi connectivity index (χ3v) is 5.32. The standard InChI is InChI=1S/C22H21FN4O4/c23-15-8-2-1-5-12(15)11-31-17-10-4-6-13-14(17)7-3-9-16(13)25-21(29)19-18(24)20(28)27-22(30)26-19/h1-2,4-6,8,10,16H,3,7,9,11,24H2,(H,25,29)(H2,26,27,28,30). The first-order chi connectivity index (χ1) is 14.9. The maximum absolute atomic E-state index is 13.9. The molecule has 0 spiro atoms. The Morgan fingerprint density at radius 2 is 1.97 bits per heavy atom. The van der Waals surface area contributed by atoms with Crippen LogP contribution in [-0.4, -0.2) is 15.9 Å². The molecule has 1 aliphatic carbocycles. The predicted octanol–water partition coefficient (Wildman–Crippen LogP) is 2.17. The molecule has 0 radical (unpaired) electrons. The largest absolute Gasteiger partial charge is 0.489 e. The van der Waals surface area contributed by atoms with E-state index in [2.05, 4.69) is 10.3 Å². The van der Waals surface area contributed by atoms with Crippen LogP contribution in [-0.2, 0) is 13.0 Å². The van der Waals surface area contributed by atoms with E-state index >= 15 is 0 Å². The molecule has 2 aromatic carbocycles. The second-order valence-electron chi connectivity index (χ2n) is 7.32. The first-order valence-electron chi connectivity index (χ1n) is 9.85. The van der Waals surface area contributed by atoms with Crippen LogP contribution >= 0.6 is 0 Å². The maximum Gasteiger partial charge on any atom is 0.326 e. The van der Waals surface area contributed by atoms with E-state index in [0.717, 1.165) is 24.0 Å². The van der Waals surface area contributed by atoms with Gasteiger partial charge in [0.25, 0.3) is 11.5 Å². The number of H-pyrrole nitrogens is 2. The number of carbonyl (C=O) groups is 1. The van der Waals surface area contributed by atoms with Crippen molar-refractivity contribution < 1.29 is 13.9 Å². The minimum Gasteiger partial charge on any atom is -0.489 e. The van der Waals surface area contributed by atoms with Crippen molar-refractivity contribution >= 4 is 11.6 Å². The van der Waals surface area contributed by atoms with Crippen LogP contribution < -0.4 is 27.0 Å². The fourth-order valence-corrected chi connectivity index (χ4v) is 3.78. The van der Waals surface area contributed by atoms with Crippen molar-refractivity contribution in [3.8, 4) is 5.75 Å². The number of nitrogens with one attached hydrogen (secondary N) is 3. The van der Waals surface area contributed by atoms with Gasteiger partial charge in [0.2, 0.25) is 0 Å². The Hall–Kier alpha value is -3.88. The van der Waals surface area contributed by atoms with Crippen LogP contribution in [0.3, 0.4) is 0 Å². The molecule has 5 N–H and O–H groups in total. The number of anilines is 1. The molecular weight excluding hydrogens is 403 g/mol. The Morgan fingerprint density at radius 1 is 1.16 bits per heavy atom. The molecule has 0 aliphatic heterocycles. The van der Waals surface area contributed by atoms with Crippen LogP contribution in [0.15, 0.2) is 52.1 Å². The molecule has 4 rings (SSSR count). The molecule has 160 valence electrons. The zero-order valence-corrected chi connectivity index (χ0v) is 16.5. The van der Waals surface area contributed by atoms with Gasteiger partial charge in [-0.25, -0.2) is 9.18 Å². The lowest BCUT2D eigenvalue weighted by molar-refractivity contribution is 0.0928. The zero-order chi connectivity index (χ0) is 22.0. The van der Waals surface area contributed by atoms with Crippen molar-refractivity contribution in [1.82, 2.24) is 15.3 Å². The fourth-order valence-electron chi connectivity index (χ4n) is 3.78. The molecule has 1 aromatic heterocycles. The van der Waals surface area contributed by atoms with Gasteiger partial charge in [-0.3, -0.25) is 14.6 Å². The van der Waals surface area contributed by atoms with Gasteiger partial charge in [-0.15, -0.1) is 0 Å². The summed E-state index contributed by atoms with van der Waals surface area (Å²) in [5, 5.41) is 2.84. The van der Waals surface area contributed by atoms with Gasteiger partial charge in [0.05, 0.1) is 6.04 Å². The Labute approximate surface area is 176 Å². The van der Waals surface area contributed by atoms with Crippen molar-refractivity contribution in [2.75, 3.05) is 5.73 Å². The van der Waals surface area contributed by atoms with Crippen LogP contribution in [0.1, 0.15) is 46.1 Å². The average Bonchev–Trinajstić information content (AvgIpc) is 2.76. The lowest BCUT2D eigenvalue weighted by Gasteiger charge is -2.28. The quantitative estimate of drug-likeness (QED) is 0.499. The van der Waals surface area contributed by atoms with Gasteiger partial charge in [0, 0.05) is 5.56 Å². The highest BCUT2D eigenvalue weighted by atomic mass is 19.1. The molecule has 1 unspecified atom stereocenters. The second kappa shape index (κ2) is 8.47. The van der Waals surface area contributed by atoms with Crippen LogP contribution in [0.2, 0.25) is 0 Å². The Bertz CT molecular complexity index is 1250. The number of aromatic amines is 2. The summed E-state index contributed by atoms with van der Waals surface area (Å²) in [6.45, 7) is 0.0880. The number of ether oxygens (including phenoxy) is 1. The van der Waals surface area contributed by atoms with E-state index in [9.17, 15) is 18.8 Å². The van der Waals surface area contributed by atoms with E-state index < -0.39 is 17.2 Å². The molecule has 9 heteroatoms. The molecule has 8 nitrogen and oxygen atoms in total. The molecule has 1 aliphatic rings. The summed E-state index contributed by atoms with van der Waals surface area (Å²) >= 11 is 0. The minimum atomic E-state index is -0.818. The summed E-state index contributed by atoms with van der Waals surface area (Å²) in [7, 11) is 0. The summed E-state index contributed by atoms with van der Waals surface area (Å²) in [6, 6.07) is 11.6. The number of halogens is 1. The Morgan fingerprint density at radius 3 is 2.77 bits per heavy atom. The number of benzene rings is 2. The zero-order valence-electron chi connectivity index (χ0n) is 16.5. The summed E-state index contributed by atoms with van der Waals surface area (Å²) in [4.78, 5) is 40.2. The second-order valence-corrected chi connectivity index (χ2v) is 7.32. The van der Waals surface area contributed by atoms with Crippen LogP contribution in [0.5, 0.6) is 5.75 Å². The molecule has 3 aromatic rings. The van der Waals surface area contributed by atoms with Crippen molar-refractivity contribution in [1.29, 1.82) is 0 Å². The van der Waals surface area contributed by atoms with Gasteiger partial charge >= 0.3 is 5.69 Å². The minimum absolute atomic E-state index is 0.0880. The maximum atomic E-state index is 13.9. The van der Waals surface area contributed by atoms with E-state index in [4.69, 9.17) is 10.5 Å². The van der Waals surface area contributed by atoms with Crippen LogP contribution in [0.25, 0.3) is 0 Å². The first kappa shape index (κ1) is 20.4. The Balaban J connectivity index is 1.57. The smallest absolute Gasteiger partial charge is 0.326 e. The van der Waals surface area contributed by atoms with Crippen LogP contribution in [0, 0.1) is 5.82 Å². The first-order valence-corrected chi connectivity index (χ1v) is 9.85. The molecule has 0 saturated carbocycles. The monoisotopic (exact) mass is 424 g/mol. The molecule has 0 saturated heterocycles. The molecular formula is C22H21FN4O4. The Kier molecular flexibility index (Phi) is 5.57. The van der Waals surface area contributed by atoms with E-state index in [1.165, 1.54) is 6.07 Å². The van der Waals surface area contributed by atoms with Gasteiger partial charge in [-0.05, 0) is 42.5 Å². The van der Waals surface area contributed by atoms with Gasteiger partial charge in [0.1, 0.15) is 29.6 Å². The number of fused-ring (bicyclic) bond motifs is 1. The van der Waals surface area contributed by atoms with Gasteiger partial charge in [-0.1, -0.05) is 30.3 Å². The number of hydrogen-bond donors (Lipinski definition) is 4. The third-order valence-electron chi connectivity index (χ3n) is 5.32.